The van der Waals surface area contributed by atoms with Gasteiger partial charge in [-0.05, 0) is 138 Å². The van der Waals surface area contributed by atoms with Gasteiger partial charge in [0.25, 0.3) is 0 Å². The van der Waals surface area contributed by atoms with Crippen molar-refractivity contribution in [1.82, 2.24) is 49.7 Å². The Hall–Kier alpha value is -7.19. The van der Waals surface area contributed by atoms with Crippen LogP contribution in [0.5, 0.6) is 5.75 Å². The number of benzene rings is 1. The molecule has 422 valence electrons. The summed E-state index contributed by atoms with van der Waals surface area (Å²) < 4.78 is 7.87. The zero-order chi connectivity index (χ0) is 55.9. The van der Waals surface area contributed by atoms with Crippen LogP contribution in [0.15, 0.2) is 94.1 Å². The second-order valence-corrected chi connectivity index (χ2v) is 24.6. The highest BCUT2D eigenvalue weighted by molar-refractivity contribution is 9.10. The number of pyridine rings is 2. The molecule has 0 spiro atoms. The average molecular weight is 1160 g/mol. The van der Waals surface area contributed by atoms with Gasteiger partial charge in [-0.25, -0.2) is 34.6 Å². The fraction of sp³-hybridized carbons (Fsp3) is 0.492. The number of aliphatic imine (C=N–C) groups is 2. The van der Waals surface area contributed by atoms with Crippen molar-refractivity contribution in [3.05, 3.63) is 124 Å². The van der Waals surface area contributed by atoms with E-state index >= 15 is 0 Å². The van der Waals surface area contributed by atoms with E-state index in [0.29, 0.717) is 37.0 Å². The number of nitrogens with two attached hydrogens (primary N) is 1. The molecule has 19 nitrogen and oxygen atoms in total. The van der Waals surface area contributed by atoms with Crippen molar-refractivity contribution in [1.29, 1.82) is 0 Å². The molecular formula is C61H75BrN18O. The van der Waals surface area contributed by atoms with E-state index < -0.39 is 0 Å². The van der Waals surface area contributed by atoms with Gasteiger partial charge in [0, 0.05) is 64.8 Å². The lowest BCUT2D eigenvalue weighted by molar-refractivity contribution is 0.355. The van der Waals surface area contributed by atoms with Gasteiger partial charge in [-0.2, -0.15) is 5.10 Å². The number of anilines is 5. The molecule has 14 rings (SSSR count). The first kappa shape index (κ1) is 54.4. The summed E-state index contributed by atoms with van der Waals surface area (Å²) in [5, 5.41) is 4.60. The Balaban J connectivity index is 0.000000121. The number of amidine groups is 2. The van der Waals surface area contributed by atoms with Crippen LogP contribution in [-0.2, 0) is 32.5 Å². The van der Waals surface area contributed by atoms with Gasteiger partial charge < -0.3 is 35.0 Å². The Morgan fingerprint density at radius 1 is 0.593 bits per heavy atom. The van der Waals surface area contributed by atoms with Crippen molar-refractivity contribution in [2.24, 2.45) is 32.0 Å². The van der Waals surface area contributed by atoms with E-state index in [-0.39, 0.29) is 5.41 Å². The summed E-state index contributed by atoms with van der Waals surface area (Å²) in [6, 6.07) is 16.3. The molecule has 0 radical (unpaired) electrons. The summed E-state index contributed by atoms with van der Waals surface area (Å²) in [7, 11) is 1.67. The molecule has 20 heteroatoms. The number of aryl methyl sites for hydroxylation is 2. The topological polar surface area (TPSA) is 197 Å². The molecule has 1 aromatic carbocycles. The van der Waals surface area contributed by atoms with E-state index in [1.54, 1.807) is 7.11 Å². The Morgan fingerprint density at radius 3 is 1.57 bits per heavy atom. The van der Waals surface area contributed by atoms with Gasteiger partial charge in [0.1, 0.15) is 40.1 Å². The summed E-state index contributed by atoms with van der Waals surface area (Å²) in [6.45, 7) is 22.1. The molecule has 7 aromatic rings. The lowest BCUT2D eigenvalue weighted by atomic mass is 9.87. The normalized spacial score (nSPS) is 22.6. The summed E-state index contributed by atoms with van der Waals surface area (Å²) >= 11 is 3.52. The van der Waals surface area contributed by atoms with Gasteiger partial charge in [-0.3, -0.25) is 20.0 Å². The van der Waals surface area contributed by atoms with Crippen molar-refractivity contribution in [2.75, 3.05) is 90.5 Å². The zero-order valence-corrected chi connectivity index (χ0v) is 49.4. The van der Waals surface area contributed by atoms with Gasteiger partial charge in [0.2, 0.25) is 0 Å². The number of fused-ring (bicyclic) bond motifs is 5. The van der Waals surface area contributed by atoms with Crippen LogP contribution in [0.25, 0.3) is 11.2 Å². The van der Waals surface area contributed by atoms with Crippen LogP contribution in [0.2, 0.25) is 0 Å². The standard InChI is InChI=1S/C21H26N6.C20H24BrN5O.C20H25N7/c1-3-21(2)8-11-26(14-21)18-13-23-19-16(25-18)12-24-20(19)27-10-5-6-15-17(27)7-4-9-22-15;1-4-20(2)9-10-25(13-20)16-11-22-17-18(21)24-26(19(17)23-16)12-14-5-7-15(27-3)8-6-14;1-20(12-21)6-9-26(13-20)17-11-23-18-15(25-17)10-24-19(18)27-8-3-4-14-16(27)5-2-7-22-14/h4,7,9,13H,3,5-6,8,10-12,14H2,1-2H3;5-8,11H,4,9-10,12-13H2,1-3H3;2,5,7,11H,3-4,6,8-10,12-13,21H2,1H3. The molecule has 7 aliphatic rings. The van der Waals surface area contributed by atoms with Crippen LogP contribution in [0.4, 0.5) is 28.8 Å². The molecule has 13 heterocycles. The minimum atomic E-state index is 0.173. The number of aromatic nitrogens is 10. The van der Waals surface area contributed by atoms with E-state index in [2.05, 4.69) is 107 Å². The third kappa shape index (κ3) is 11.0. The highest BCUT2D eigenvalue weighted by Gasteiger charge is 2.38. The van der Waals surface area contributed by atoms with Crippen molar-refractivity contribution in [3.63, 3.8) is 0 Å². The second-order valence-electron chi connectivity index (χ2n) is 23.8. The van der Waals surface area contributed by atoms with Crippen molar-refractivity contribution in [2.45, 2.75) is 112 Å². The molecular weight excluding hydrogens is 1080 g/mol. The number of ether oxygens (including phenoxy) is 1. The van der Waals surface area contributed by atoms with Crippen molar-refractivity contribution < 1.29 is 4.74 Å². The van der Waals surface area contributed by atoms with Gasteiger partial charge in [-0.15, -0.1) is 0 Å². The number of hydrogen-bond donors (Lipinski definition) is 1. The second kappa shape index (κ2) is 22.6. The minimum Gasteiger partial charge on any atom is -0.497 e. The smallest absolute Gasteiger partial charge is 0.180 e. The van der Waals surface area contributed by atoms with Gasteiger partial charge in [0.15, 0.2) is 21.9 Å². The first-order valence-corrected chi connectivity index (χ1v) is 29.9. The molecule has 7 aliphatic heterocycles. The monoisotopic (exact) mass is 1150 g/mol. The number of methoxy groups -OCH3 is 1. The molecule has 2 N–H and O–H groups in total. The van der Waals surface area contributed by atoms with E-state index in [0.717, 1.165) is 181 Å². The van der Waals surface area contributed by atoms with E-state index in [1.807, 2.05) is 72.1 Å². The van der Waals surface area contributed by atoms with Crippen molar-refractivity contribution in [3.8, 4) is 5.75 Å². The summed E-state index contributed by atoms with van der Waals surface area (Å²) in [5.74, 6) is 5.62. The van der Waals surface area contributed by atoms with Crippen LogP contribution in [0.3, 0.4) is 0 Å². The minimum absolute atomic E-state index is 0.173. The average Bonchev–Trinajstić information content (AvgIpc) is 4.48. The third-order valence-electron chi connectivity index (χ3n) is 18.0. The predicted octanol–water partition coefficient (Wildman–Crippen LogP) is 9.24. The number of halogens is 1. The van der Waals surface area contributed by atoms with Crippen LogP contribution in [0.1, 0.15) is 119 Å². The van der Waals surface area contributed by atoms with Crippen LogP contribution < -0.4 is 35.0 Å². The molecule has 0 aliphatic carbocycles. The molecule has 0 amide bonds. The van der Waals surface area contributed by atoms with E-state index in [1.165, 1.54) is 31.4 Å². The number of hydrogen-bond acceptors (Lipinski definition) is 18. The lowest BCUT2D eigenvalue weighted by Crippen LogP contribution is -2.36. The molecule has 3 atom stereocenters. The van der Waals surface area contributed by atoms with Gasteiger partial charge >= 0.3 is 0 Å². The highest BCUT2D eigenvalue weighted by Crippen LogP contribution is 2.39. The number of nitrogens with zero attached hydrogens (tertiary/aromatic N) is 17. The first-order chi connectivity index (χ1) is 39.3. The molecule has 0 bridgehead atoms. The Bertz CT molecular complexity index is 3350. The SMILES string of the molecule is CC1(CN)CCN(c2cnc3c(n2)CN=C3N2CCCc3ncccc32)C1.CCC1(C)CCN(c2cnc3c(Br)nn(Cc4ccc(OC)cc4)c3n2)C1.CCC1(C)CCN(c2cnc3c(n2)CN=C3N2CCCc3ncccc32)C1. The Kier molecular flexibility index (Phi) is 15.2. The highest BCUT2D eigenvalue weighted by atomic mass is 79.9. The lowest BCUT2D eigenvalue weighted by Gasteiger charge is -2.30. The van der Waals surface area contributed by atoms with Gasteiger partial charge in [-0.1, -0.05) is 46.8 Å². The maximum atomic E-state index is 5.95. The maximum absolute atomic E-state index is 5.95. The predicted molar refractivity (Wildman–Crippen MR) is 324 cm³/mol. The molecule has 0 saturated carbocycles. The molecule has 3 saturated heterocycles. The van der Waals surface area contributed by atoms with E-state index in [9.17, 15) is 0 Å². The Morgan fingerprint density at radius 2 is 1.09 bits per heavy atom. The summed E-state index contributed by atoms with van der Waals surface area (Å²) in [5.41, 5.74) is 18.1. The molecule has 6 aromatic heterocycles. The zero-order valence-electron chi connectivity index (χ0n) is 47.8. The quantitative estimate of drug-likeness (QED) is 0.143. The van der Waals surface area contributed by atoms with Crippen LogP contribution >= 0.6 is 15.9 Å². The summed E-state index contributed by atoms with van der Waals surface area (Å²) in [4.78, 5) is 59.2. The molecule has 3 fully saturated rings. The third-order valence-corrected chi connectivity index (χ3v) is 18.5. The van der Waals surface area contributed by atoms with Crippen LogP contribution in [-0.4, -0.2) is 127 Å². The number of rotatable bonds is 9. The maximum Gasteiger partial charge on any atom is 0.180 e. The summed E-state index contributed by atoms with van der Waals surface area (Å²) in [6.07, 6.45) is 19.6. The van der Waals surface area contributed by atoms with E-state index in [4.69, 9.17) is 45.4 Å². The van der Waals surface area contributed by atoms with Gasteiger partial charge in [0.05, 0.1) is 79.5 Å². The largest absolute Gasteiger partial charge is 0.497 e. The van der Waals surface area contributed by atoms with Crippen molar-refractivity contribution >= 4 is 67.6 Å². The Labute approximate surface area is 483 Å². The molecule has 3 unspecified atom stereocenters. The van der Waals surface area contributed by atoms with Crippen LogP contribution in [0, 0.1) is 16.2 Å². The molecule has 81 heavy (non-hydrogen) atoms. The fourth-order valence-electron chi connectivity index (χ4n) is 12.3. The fourth-order valence-corrected chi connectivity index (χ4v) is 12.8. The first-order valence-electron chi connectivity index (χ1n) is 29.1.